The normalized spacial score (nSPS) is 12.2. The molecule has 2 aromatic heterocycles. The van der Waals surface area contributed by atoms with E-state index in [2.05, 4.69) is 15.4 Å². The minimum Gasteiger partial charge on any atom is -0.345 e. The lowest BCUT2D eigenvalue weighted by atomic mass is 10.1. The topological polar surface area (TPSA) is 59.8 Å². The summed E-state index contributed by atoms with van der Waals surface area (Å²) in [4.78, 5) is 16.2. The van der Waals surface area contributed by atoms with Crippen molar-refractivity contribution in [3.63, 3.8) is 0 Å². The highest BCUT2D eigenvalue weighted by Crippen LogP contribution is 2.16. The molecule has 0 aliphatic carbocycles. The van der Waals surface area contributed by atoms with Crippen LogP contribution in [-0.2, 0) is 7.05 Å². The number of nitrogens with one attached hydrogen (secondary N) is 1. The average Bonchev–Trinajstić information content (AvgIpc) is 2.82. The number of carbonyl (C=O) groups is 1. The van der Waals surface area contributed by atoms with Crippen molar-refractivity contribution >= 4 is 5.91 Å². The molecule has 0 radical (unpaired) electrons. The van der Waals surface area contributed by atoms with Crippen LogP contribution in [0.15, 0.2) is 30.9 Å². The van der Waals surface area contributed by atoms with Gasteiger partial charge in [-0.15, -0.1) is 0 Å². The lowest BCUT2D eigenvalue weighted by Crippen LogP contribution is -2.28. The van der Waals surface area contributed by atoms with Gasteiger partial charge < -0.3 is 5.32 Å². The number of pyridine rings is 1. The monoisotopic (exact) mass is 258 g/mol. The van der Waals surface area contributed by atoms with Gasteiger partial charge in [-0.25, -0.2) is 0 Å². The van der Waals surface area contributed by atoms with Gasteiger partial charge in [0.2, 0.25) is 0 Å². The zero-order valence-corrected chi connectivity index (χ0v) is 11.4. The number of aryl methyl sites for hydroxylation is 2. The quantitative estimate of drug-likeness (QED) is 0.912. The number of nitrogens with zero attached hydrogens (tertiary/aromatic N) is 3. The maximum absolute atomic E-state index is 12.2. The van der Waals surface area contributed by atoms with E-state index >= 15 is 0 Å². The van der Waals surface area contributed by atoms with Crippen molar-refractivity contribution in [1.82, 2.24) is 20.1 Å². The van der Waals surface area contributed by atoms with Crippen LogP contribution in [0.4, 0.5) is 0 Å². The zero-order valence-electron chi connectivity index (χ0n) is 11.4. The standard InChI is InChI=1S/C14H18N4O/c1-4-13(12-8-16-18(3)9-12)17-14(19)11-5-10(2)6-15-7-11/h5-9,13H,4H2,1-3H3,(H,17,19). The Hall–Kier alpha value is -2.17. The van der Waals surface area contributed by atoms with Crippen LogP contribution in [0, 0.1) is 6.92 Å². The van der Waals surface area contributed by atoms with Crippen molar-refractivity contribution in [1.29, 1.82) is 0 Å². The Labute approximate surface area is 112 Å². The summed E-state index contributed by atoms with van der Waals surface area (Å²) in [6, 6.07) is 1.81. The molecule has 0 saturated carbocycles. The summed E-state index contributed by atoms with van der Waals surface area (Å²) in [5.41, 5.74) is 2.57. The fraction of sp³-hybridized carbons (Fsp3) is 0.357. The van der Waals surface area contributed by atoms with Crippen molar-refractivity contribution in [3.05, 3.63) is 47.5 Å². The maximum Gasteiger partial charge on any atom is 0.253 e. The van der Waals surface area contributed by atoms with Crippen LogP contribution >= 0.6 is 0 Å². The number of aromatic nitrogens is 3. The maximum atomic E-state index is 12.2. The molecule has 5 nitrogen and oxygen atoms in total. The molecule has 100 valence electrons. The van der Waals surface area contributed by atoms with Gasteiger partial charge in [-0.3, -0.25) is 14.5 Å². The number of hydrogen-bond acceptors (Lipinski definition) is 3. The zero-order chi connectivity index (χ0) is 13.8. The molecule has 0 aliphatic heterocycles. The molecule has 0 fully saturated rings. The van der Waals surface area contributed by atoms with E-state index in [1.807, 2.05) is 33.2 Å². The molecule has 0 aromatic carbocycles. The summed E-state index contributed by atoms with van der Waals surface area (Å²) in [6.07, 6.45) is 7.83. The summed E-state index contributed by atoms with van der Waals surface area (Å²) in [7, 11) is 1.86. The fourth-order valence-corrected chi connectivity index (χ4v) is 1.96. The summed E-state index contributed by atoms with van der Waals surface area (Å²) in [6.45, 7) is 3.95. The highest BCUT2D eigenvalue weighted by Gasteiger charge is 2.15. The number of carbonyl (C=O) groups excluding carboxylic acids is 1. The Morgan fingerprint density at radius 2 is 2.21 bits per heavy atom. The van der Waals surface area contributed by atoms with Gasteiger partial charge >= 0.3 is 0 Å². The van der Waals surface area contributed by atoms with Gasteiger partial charge in [-0.1, -0.05) is 6.92 Å². The number of hydrogen-bond donors (Lipinski definition) is 1. The van der Waals surface area contributed by atoms with Crippen molar-refractivity contribution < 1.29 is 4.79 Å². The molecule has 2 rings (SSSR count). The van der Waals surface area contributed by atoms with Crippen LogP contribution in [0.3, 0.4) is 0 Å². The molecule has 5 heteroatoms. The summed E-state index contributed by atoms with van der Waals surface area (Å²) < 4.78 is 1.73. The predicted octanol–water partition coefficient (Wildman–Crippen LogP) is 2.00. The second-order valence-electron chi connectivity index (χ2n) is 4.63. The molecule has 1 N–H and O–H groups in total. The predicted molar refractivity (Wildman–Crippen MR) is 72.7 cm³/mol. The third-order valence-corrected chi connectivity index (χ3v) is 2.98. The van der Waals surface area contributed by atoms with Crippen LogP contribution in [0.2, 0.25) is 0 Å². The first-order valence-corrected chi connectivity index (χ1v) is 6.31. The van der Waals surface area contributed by atoms with Gasteiger partial charge in [0.15, 0.2) is 0 Å². The summed E-state index contributed by atoms with van der Waals surface area (Å²) >= 11 is 0. The minimum absolute atomic E-state index is 0.0262. The molecule has 1 unspecified atom stereocenters. The van der Waals surface area contributed by atoms with E-state index in [4.69, 9.17) is 0 Å². The Balaban J connectivity index is 2.12. The molecule has 2 aromatic rings. The largest absolute Gasteiger partial charge is 0.345 e. The Morgan fingerprint density at radius 1 is 1.42 bits per heavy atom. The SMILES string of the molecule is CCC(NC(=O)c1cncc(C)c1)c1cnn(C)c1. The first-order valence-electron chi connectivity index (χ1n) is 6.31. The Kier molecular flexibility index (Phi) is 3.94. The number of amides is 1. The lowest BCUT2D eigenvalue weighted by molar-refractivity contribution is 0.0935. The Bertz CT molecular complexity index is 576. The second-order valence-corrected chi connectivity index (χ2v) is 4.63. The van der Waals surface area contributed by atoms with E-state index in [1.165, 1.54) is 0 Å². The first kappa shape index (κ1) is 13.3. The van der Waals surface area contributed by atoms with E-state index in [1.54, 1.807) is 23.3 Å². The molecule has 1 atom stereocenters. The van der Waals surface area contributed by atoms with Gasteiger partial charge in [-0.2, -0.15) is 5.10 Å². The van der Waals surface area contributed by atoms with Gasteiger partial charge in [0, 0.05) is 31.2 Å². The second kappa shape index (κ2) is 5.65. The minimum atomic E-state index is -0.105. The Morgan fingerprint density at radius 3 is 2.79 bits per heavy atom. The van der Waals surface area contributed by atoms with E-state index < -0.39 is 0 Å². The van der Waals surface area contributed by atoms with Crippen molar-refractivity contribution in [3.8, 4) is 0 Å². The highest BCUT2D eigenvalue weighted by atomic mass is 16.1. The van der Waals surface area contributed by atoms with Crippen molar-refractivity contribution in [2.45, 2.75) is 26.3 Å². The molecule has 0 saturated heterocycles. The smallest absolute Gasteiger partial charge is 0.253 e. The molecule has 0 aliphatic rings. The van der Waals surface area contributed by atoms with Gasteiger partial charge in [0.05, 0.1) is 17.8 Å². The van der Waals surface area contributed by atoms with Crippen LogP contribution in [-0.4, -0.2) is 20.7 Å². The fourth-order valence-electron chi connectivity index (χ4n) is 1.96. The first-order chi connectivity index (χ1) is 9.10. The molecule has 2 heterocycles. The highest BCUT2D eigenvalue weighted by molar-refractivity contribution is 5.94. The molecule has 1 amide bonds. The molecular formula is C14H18N4O. The third kappa shape index (κ3) is 3.19. The van der Waals surface area contributed by atoms with Gasteiger partial charge in [0.25, 0.3) is 5.91 Å². The van der Waals surface area contributed by atoms with Crippen molar-refractivity contribution in [2.24, 2.45) is 7.05 Å². The van der Waals surface area contributed by atoms with Crippen molar-refractivity contribution in [2.75, 3.05) is 0 Å². The molecular weight excluding hydrogens is 240 g/mol. The average molecular weight is 258 g/mol. The van der Waals surface area contributed by atoms with Gasteiger partial charge in [-0.05, 0) is 25.0 Å². The van der Waals surface area contributed by atoms with E-state index in [0.717, 1.165) is 17.5 Å². The van der Waals surface area contributed by atoms with Crippen LogP contribution in [0.25, 0.3) is 0 Å². The third-order valence-electron chi connectivity index (χ3n) is 2.98. The van der Waals surface area contributed by atoms with E-state index in [-0.39, 0.29) is 11.9 Å². The van der Waals surface area contributed by atoms with Crippen LogP contribution in [0.5, 0.6) is 0 Å². The lowest BCUT2D eigenvalue weighted by Gasteiger charge is -2.15. The van der Waals surface area contributed by atoms with Crippen LogP contribution in [0.1, 0.15) is 40.9 Å². The molecule has 0 bridgehead atoms. The molecule has 19 heavy (non-hydrogen) atoms. The number of rotatable bonds is 4. The van der Waals surface area contributed by atoms with Gasteiger partial charge in [0.1, 0.15) is 0 Å². The van der Waals surface area contributed by atoms with E-state index in [9.17, 15) is 4.79 Å². The van der Waals surface area contributed by atoms with E-state index in [0.29, 0.717) is 5.56 Å². The summed E-state index contributed by atoms with van der Waals surface area (Å²) in [5.74, 6) is -0.105. The summed E-state index contributed by atoms with van der Waals surface area (Å²) in [5, 5.41) is 7.14. The van der Waals surface area contributed by atoms with Crippen LogP contribution < -0.4 is 5.32 Å². The molecule has 0 spiro atoms.